The first kappa shape index (κ1) is 14.3. The fourth-order valence-electron chi connectivity index (χ4n) is 8.60. The second-order valence-electron chi connectivity index (χ2n) is 10.2. The molecule has 124 valence electrons. The molecule has 6 fully saturated rings. The van der Waals surface area contributed by atoms with Crippen LogP contribution in [0.15, 0.2) is 0 Å². The van der Waals surface area contributed by atoms with Gasteiger partial charge in [-0.2, -0.15) is 0 Å². The highest BCUT2D eigenvalue weighted by Gasteiger charge is 2.85. The molecule has 8 atom stereocenters. The highest BCUT2D eigenvalue weighted by atomic mass is 16.6. The lowest BCUT2D eigenvalue weighted by Crippen LogP contribution is -2.66. The van der Waals surface area contributed by atoms with Gasteiger partial charge in [0.05, 0.1) is 5.60 Å². The molecule has 2 spiro atoms. The third-order valence-corrected chi connectivity index (χ3v) is 9.53. The molecular formula is C20H32O2. The largest absolute Gasteiger partial charge is 0.367 e. The van der Waals surface area contributed by atoms with Gasteiger partial charge >= 0.3 is 0 Å². The molecule has 22 heavy (non-hydrogen) atoms. The maximum absolute atomic E-state index is 10.9. The van der Waals surface area contributed by atoms with Crippen LogP contribution in [0.5, 0.6) is 0 Å². The van der Waals surface area contributed by atoms with Crippen LogP contribution >= 0.6 is 0 Å². The Morgan fingerprint density at radius 2 is 1.73 bits per heavy atom. The van der Waals surface area contributed by atoms with Gasteiger partial charge in [0.25, 0.3) is 0 Å². The van der Waals surface area contributed by atoms with Gasteiger partial charge in [0.15, 0.2) is 6.29 Å². The van der Waals surface area contributed by atoms with Crippen LogP contribution in [0, 0.1) is 39.9 Å². The van der Waals surface area contributed by atoms with Crippen molar-refractivity contribution < 1.29 is 9.84 Å². The van der Waals surface area contributed by atoms with Gasteiger partial charge < -0.3 is 9.84 Å². The predicted molar refractivity (Wildman–Crippen MR) is 86.1 cm³/mol. The van der Waals surface area contributed by atoms with Crippen molar-refractivity contribution in [3.63, 3.8) is 0 Å². The minimum Gasteiger partial charge on any atom is -0.367 e. The zero-order valence-corrected chi connectivity index (χ0v) is 14.7. The SMILES string of the molecule is CC(C)C1CCC2C1(C)CCC13CCC(C)(OC1O)C1CC123. The van der Waals surface area contributed by atoms with Crippen LogP contribution in [0.3, 0.4) is 0 Å². The number of rotatable bonds is 1. The Labute approximate surface area is 135 Å². The van der Waals surface area contributed by atoms with Crippen LogP contribution in [0.1, 0.15) is 72.6 Å². The van der Waals surface area contributed by atoms with Gasteiger partial charge in [0.1, 0.15) is 0 Å². The first-order chi connectivity index (χ1) is 10.3. The highest BCUT2D eigenvalue weighted by molar-refractivity contribution is 5.31. The molecule has 0 aromatic rings. The van der Waals surface area contributed by atoms with Crippen LogP contribution < -0.4 is 0 Å². The molecule has 4 aliphatic carbocycles. The molecule has 2 nitrogen and oxygen atoms in total. The van der Waals surface area contributed by atoms with Crippen molar-refractivity contribution in [1.29, 1.82) is 0 Å². The third kappa shape index (κ3) is 1.24. The summed E-state index contributed by atoms with van der Waals surface area (Å²) in [5.74, 6) is 3.25. The van der Waals surface area contributed by atoms with E-state index in [9.17, 15) is 5.11 Å². The van der Waals surface area contributed by atoms with Crippen LogP contribution in [0.25, 0.3) is 0 Å². The van der Waals surface area contributed by atoms with E-state index in [1.807, 2.05) is 0 Å². The Kier molecular flexibility index (Phi) is 2.45. The zero-order chi connectivity index (χ0) is 15.5. The van der Waals surface area contributed by atoms with Gasteiger partial charge in [0, 0.05) is 5.41 Å². The number of ether oxygens (including phenoxy) is 1. The number of aliphatic hydroxyl groups excluding tert-OH is 1. The molecule has 6 rings (SSSR count). The van der Waals surface area contributed by atoms with E-state index in [1.54, 1.807) is 0 Å². The fraction of sp³-hybridized carbons (Fsp3) is 1.00. The van der Waals surface area contributed by atoms with E-state index in [2.05, 4.69) is 27.7 Å². The summed E-state index contributed by atoms with van der Waals surface area (Å²) in [5, 5.41) is 10.9. The number of hydrogen-bond acceptors (Lipinski definition) is 2. The average molecular weight is 304 g/mol. The maximum atomic E-state index is 10.9. The smallest absolute Gasteiger partial charge is 0.161 e. The van der Waals surface area contributed by atoms with Crippen molar-refractivity contribution in [1.82, 2.24) is 0 Å². The molecular weight excluding hydrogens is 272 g/mol. The topological polar surface area (TPSA) is 29.5 Å². The summed E-state index contributed by atoms with van der Waals surface area (Å²) in [6.07, 6.45) is 8.56. The van der Waals surface area contributed by atoms with Crippen molar-refractivity contribution in [2.24, 2.45) is 39.9 Å². The summed E-state index contributed by atoms with van der Waals surface area (Å²) < 4.78 is 6.19. The second kappa shape index (κ2) is 3.77. The van der Waals surface area contributed by atoms with Crippen molar-refractivity contribution in [3.8, 4) is 0 Å². The third-order valence-electron chi connectivity index (χ3n) is 9.53. The van der Waals surface area contributed by atoms with Crippen LogP contribution in [-0.2, 0) is 4.74 Å². The normalized spacial score (nSPS) is 65.2. The van der Waals surface area contributed by atoms with Crippen molar-refractivity contribution >= 4 is 0 Å². The molecule has 2 bridgehead atoms. The quantitative estimate of drug-likeness (QED) is 0.780. The van der Waals surface area contributed by atoms with Gasteiger partial charge in [-0.25, -0.2) is 0 Å². The Hall–Kier alpha value is -0.0800. The van der Waals surface area contributed by atoms with E-state index in [4.69, 9.17) is 4.74 Å². The lowest BCUT2D eigenvalue weighted by atomic mass is 9.44. The van der Waals surface area contributed by atoms with Crippen molar-refractivity contribution in [2.75, 3.05) is 0 Å². The molecule has 2 saturated heterocycles. The number of aliphatic hydroxyl groups is 1. The van der Waals surface area contributed by atoms with E-state index in [1.165, 1.54) is 44.9 Å². The van der Waals surface area contributed by atoms with Crippen molar-refractivity contribution in [2.45, 2.75) is 84.5 Å². The predicted octanol–water partition coefficient (Wildman–Crippen LogP) is 4.36. The molecule has 0 aromatic heterocycles. The Bertz CT molecular complexity index is 530. The first-order valence-corrected chi connectivity index (χ1v) is 9.66. The molecule has 4 saturated carbocycles. The second-order valence-corrected chi connectivity index (χ2v) is 10.2. The molecule has 2 heterocycles. The Balaban J connectivity index is 1.62. The summed E-state index contributed by atoms with van der Waals surface area (Å²) >= 11 is 0. The highest BCUT2D eigenvalue weighted by Crippen LogP contribution is 2.87. The maximum Gasteiger partial charge on any atom is 0.161 e. The van der Waals surface area contributed by atoms with Crippen LogP contribution in [0.2, 0.25) is 0 Å². The average Bonchev–Trinajstić information content (AvgIpc) is 3.11. The molecule has 1 N–H and O–H groups in total. The number of hydrogen-bond donors (Lipinski definition) is 1. The number of fused-ring (bicyclic) bond motifs is 3. The van der Waals surface area contributed by atoms with Gasteiger partial charge in [-0.15, -0.1) is 0 Å². The minimum atomic E-state index is -0.493. The summed E-state index contributed by atoms with van der Waals surface area (Å²) in [5.41, 5.74) is 1.01. The lowest BCUT2D eigenvalue weighted by Gasteiger charge is -2.65. The van der Waals surface area contributed by atoms with Crippen molar-refractivity contribution in [3.05, 3.63) is 0 Å². The molecule has 8 unspecified atom stereocenters. The van der Waals surface area contributed by atoms with Gasteiger partial charge in [-0.3, -0.25) is 0 Å². The van der Waals surface area contributed by atoms with Gasteiger partial charge in [0.2, 0.25) is 0 Å². The zero-order valence-electron chi connectivity index (χ0n) is 14.7. The molecule has 6 aliphatic rings. The summed E-state index contributed by atoms with van der Waals surface area (Å²) in [7, 11) is 0. The minimum absolute atomic E-state index is 0.0324. The molecule has 0 radical (unpaired) electrons. The van der Waals surface area contributed by atoms with E-state index < -0.39 is 6.29 Å². The van der Waals surface area contributed by atoms with Gasteiger partial charge in [-0.05, 0) is 86.4 Å². The van der Waals surface area contributed by atoms with Crippen LogP contribution in [0.4, 0.5) is 0 Å². The van der Waals surface area contributed by atoms with E-state index in [0.717, 1.165) is 23.7 Å². The van der Waals surface area contributed by atoms with Gasteiger partial charge in [-0.1, -0.05) is 20.8 Å². The van der Waals surface area contributed by atoms with E-state index >= 15 is 0 Å². The summed E-state index contributed by atoms with van der Waals surface area (Å²) in [6.45, 7) is 9.75. The molecule has 0 aromatic carbocycles. The Morgan fingerprint density at radius 1 is 1.00 bits per heavy atom. The van der Waals surface area contributed by atoms with E-state index in [0.29, 0.717) is 10.8 Å². The van der Waals surface area contributed by atoms with Crippen LogP contribution in [-0.4, -0.2) is 17.0 Å². The standard InChI is InChI=1S/C20H32O2/c1-12(2)13-5-6-14-17(13,3)7-9-19-10-8-18(4,22-16(19)21)15-11-20(14,15)19/h12-16,21H,5-11H2,1-4H3. The Morgan fingerprint density at radius 3 is 2.41 bits per heavy atom. The monoisotopic (exact) mass is 304 g/mol. The van der Waals surface area contributed by atoms with E-state index in [-0.39, 0.29) is 11.0 Å². The molecule has 0 amide bonds. The summed E-state index contributed by atoms with van der Waals surface area (Å²) in [6, 6.07) is 0. The summed E-state index contributed by atoms with van der Waals surface area (Å²) in [4.78, 5) is 0. The molecule has 2 aliphatic heterocycles. The fourth-order valence-corrected chi connectivity index (χ4v) is 8.60. The molecule has 2 heteroatoms. The first-order valence-electron chi connectivity index (χ1n) is 9.66. The lowest BCUT2D eigenvalue weighted by molar-refractivity contribution is -0.348.